The Morgan fingerprint density at radius 3 is 1.47 bits per heavy atom. The highest BCUT2D eigenvalue weighted by molar-refractivity contribution is 7.04. The van der Waals surface area contributed by atoms with Crippen LogP contribution < -0.4 is 0 Å². The first kappa shape index (κ1) is 15.4. The van der Waals surface area contributed by atoms with Crippen molar-refractivity contribution in [3.63, 3.8) is 0 Å². The molecule has 0 spiro atoms. The molecule has 0 amide bonds. The van der Waals surface area contributed by atoms with Gasteiger partial charge in [0.25, 0.3) is 0 Å². The normalized spacial score (nSPS) is 15.7. The molecule has 90 valence electrons. The lowest BCUT2D eigenvalue weighted by molar-refractivity contribution is 0.414. The SMILES string of the molecule is CO[Si](C)(C)/C(=C\[Si](C)(C)C)[Si](C)(C)C. The molecule has 1 nitrogen and oxygen atoms in total. The van der Waals surface area contributed by atoms with Crippen molar-refractivity contribution in [1.82, 2.24) is 0 Å². The predicted octanol–water partition coefficient (Wildman–Crippen LogP) is 4.06. The first-order valence-electron chi connectivity index (χ1n) is 5.69. The van der Waals surface area contributed by atoms with Crippen LogP contribution in [0.15, 0.2) is 10.5 Å². The van der Waals surface area contributed by atoms with Gasteiger partial charge in [-0.05, 0) is 13.1 Å². The zero-order valence-electron chi connectivity index (χ0n) is 12.0. The molecule has 0 aromatic carbocycles. The van der Waals surface area contributed by atoms with Crippen LogP contribution >= 0.6 is 0 Å². The van der Waals surface area contributed by atoms with Gasteiger partial charge >= 0.3 is 0 Å². The van der Waals surface area contributed by atoms with Crippen molar-refractivity contribution in [3.8, 4) is 0 Å². The minimum atomic E-state index is -1.59. The smallest absolute Gasteiger partial charge is 0.209 e. The van der Waals surface area contributed by atoms with E-state index >= 15 is 0 Å². The zero-order chi connectivity index (χ0) is 12.5. The van der Waals surface area contributed by atoms with Crippen molar-refractivity contribution >= 4 is 24.5 Å². The van der Waals surface area contributed by atoms with E-state index in [9.17, 15) is 0 Å². The maximum absolute atomic E-state index is 5.80. The van der Waals surface area contributed by atoms with Crippen molar-refractivity contribution in [2.24, 2.45) is 0 Å². The monoisotopic (exact) mass is 260 g/mol. The fourth-order valence-corrected chi connectivity index (χ4v) is 16.2. The Bertz CT molecular complexity index is 244. The van der Waals surface area contributed by atoms with Crippen LogP contribution in [0.2, 0.25) is 52.4 Å². The first-order chi connectivity index (χ1) is 6.40. The van der Waals surface area contributed by atoms with Gasteiger partial charge in [0.2, 0.25) is 8.32 Å². The van der Waals surface area contributed by atoms with Crippen LogP contribution in [0.4, 0.5) is 0 Å². The average molecular weight is 261 g/mol. The number of rotatable bonds is 4. The van der Waals surface area contributed by atoms with E-state index in [1.54, 1.807) is 4.82 Å². The molecule has 0 fully saturated rings. The van der Waals surface area contributed by atoms with Crippen molar-refractivity contribution < 1.29 is 4.43 Å². The summed E-state index contributed by atoms with van der Waals surface area (Å²) in [7, 11) is -2.06. The van der Waals surface area contributed by atoms with E-state index in [0.29, 0.717) is 0 Å². The van der Waals surface area contributed by atoms with E-state index in [-0.39, 0.29) is 0 Å². The highest BCUT2D eigenvalue weighted by Gasteiger charge is 2.36. The third kappa shape index (κ3) is 5.29. The summed E-state index contributed by atoms with van der Waals surface area (Å²) in [6, 6.07) is 0. The van der Waals surface area contributed by atoms with Gasteiger partial charge in [-0.15, -0.1) is 5.70 Å². The predicted molar refractivity (Wildman–Crippen MR) is 79.3 cm³/mol. The number of hydrogen-bond acceptors (Lipinski definition) is 1. The molecule has 0 rings (SSSR count). The Balaban J connectivity index is 5.38. The Morgan fingerprint density at radius 1 is 0.867 bits per heavy atom. The van der Waals surface area contributed by atoms with E-state index in [1.165, 1.54) is 0 Å². The lowest BCUT2D eigenvalue weighted by Gasteiger charge is -2.34. The molecule has 0 N–H and O–H groups in total. The van der Waals surface area contributed by atoms with Gasteiger partial charge in [0.05, 0.1) is 16.1 Å². The molecule has 0 heterocycles. The summed E-state index contributed by atoms with van der Waals surface area (Å²) in [5.74, 6) is 0. The molecule has 4 heteroatoms. The van der Waals surface area contributed by atoms with Crippen LogP contribution in [0, 0.1) is 0 Å². The fraction of sp³-hybridized carbons (Fsp3) is 0.818. The minimum Gasteiger partial charge on any atom is -0.417 e. The molecular formula is C11H28OSi3. The van der Waals surface area contributed by atoms with E-state index in [2.05, 4.69) is 58.1 Å². The van der Waals surface area contributed by atoms with Crippen molar-refractivity contribution in [3.05, 3.63) is 10.5 Å². The molecule has 0 aromatic heterocycles. The van der Waals surface area contributed by atoms with Crippen LogP contribution in [0.25, 0.3) is 0 Å². The number of hydrogen-bond donors (Lipinski definition) is 0. The summed E-state index contributed by atoms with van der Waals surface area (Å²) in [5, 5.41) is 0. The van der Waals surface area contributed by atoms with Gasteiger partial charge in [0.15, 0.2) is 0 Å². The van der Waals surface area contributed by atoms with E-state index in [0.717, 1.165) is 0 Å². The van der Waals surface area contributed by atoms with Crippen LogP contribution in [0.1, 0.15) is 0 Å². The van der Waals surface area contributed by atoms with Crippen LogP contribution in [-0.4, -0.2) is 31.6 Å². The van der Waals surface area contributed by atoms with Gasteiger partial charge in [-0.25, -0.2) is 0 Å². The summed E-state index contributed by atoms with van der Waals surface area (Å²) in [6.45, 7) is 19.2. The van der Waals surface area contributed by atoms with Crippen molar-refractivity contribution in [1.29, 1.82) is 0 Å². The first-order valence-corrected chi connectivity index (χ1v) is 15.7. The third-order valence-corrected chi connectivity index (χ3v) is 12.6. The van der Waals surface area contributed by atoms with Crippen LogP contribution in [0.3, 0.4) is 0 Å². The second kappa shape index (κ2) is 4.69. The Hall–Kier alpha value is 0.351. The van der Waals surface area contributed by atoms with Gasteiger partial charge in [0.1, 0.15) is 0 Å². The minimum absolute atomic E-state index is 1.13. The van der Waals surface area contributed by atoms with E-state index in [4.69, 9.17) is 4.43 Å². The lowest BCUT2D eigenvalue weighted by atomic mass is 11.2. The second-order valence-corrected chi connectivity index (χ2v) is 21.4. The van der Waals surface area contributed by atoms with Crippen LogP contribution in [0.5, 0.6) is 0 Å². The molecule has 0 bridgehead atoms. The second-order valence-electron chi connectivity index (χ2n) is 6.89. The highest BCUT2D eigenvalue weighted by atomic mass is 28.4. The molecule has 0 atom stereocenters. The molecule has 15 heavy (non-hydrogen) atoms. The molecule has 0 aromatic rings. The van der Waals surface area contributed by atoms with Crippen LogP contribution in [-0.2, 0) is 4.43 Å². The van der Waals surface area contributed by atoms with Gasteiger partial charge in [-0.2, -0.15) is 0 Å². The Kier molecular flexibility index (Phi) is 4.80. The van der Waals surface area contributed by atoms with Crippen molar-refractivity contribution in [2.75, 3.05) is 7.11 Å². The quantitative estimate of drug-likeness (QED) is 0.693. The molecule has 0 aliphatic carbocycles. The third-order valence-electron chi connectivity index (χ3n) is 2.54. The summed E-state index contributed by atoms with van der Waals surface area (Å²) in [5.41, 5.74) is 2.61. The summed E-state index contributed by atoms with van der Waals surface area (Å²) < 4.78 is 5.80. The molecular weight excluding hydrogens is 232 g/mol. The van der Waals surface area contributed by atoms with E-state index < -0.39 is 24.5 Å². The van der Waals surface area contributed by atoms with Gasteiger partial charge in [-0.1, -0.05) is 44.1 Å². The zero-order valence-corrected chi connectivity index (χ0v) is 15.0. The van der Waals surface area contributed by atoms with E-state index in [1.807, 2.05) is 7.11 Å². The molecule has 0 radical (unpaired) electrons. The van der Waals surface area contributed by atoms with Gasteiger partial charge in [-0.3, -0.25) is 0 Å². The Labute approximate surface area is 99.1 Å². The van der Waals surface area contributed by atoms with Gasteiger partial charge < -0.3 is 4.43 Å². The fourth-order valence-electron chi connectivity index (χ4n) is 1.84. The maximum Gasteiger partial charge on any atom is 0.209 e. The molecule has 0 saturated heterocycles. The highest BCUT2D eigenvalue weighted by Crippen LogP contribution is 2.27. The molecule has 0 saturated carbocycles. The maximum atomic E-state index is 5.80. The van der Waals surface area contributed by atoms with Crippen molar-refractivity contribution in [2.45, 2.75) is 52.4 Å². The average Bonchev–Trinajstić information content (AvgIpc) is 1.96. The summed E-state index contributed by atoms with van der Waals surface area (Å²) in [4.78, 5) is 1.71. The molecule has 0 aliphatic heterocycles. The standard InChI is InChI=1S/C11H28OSi3/c1-12-15(8,9)11(14(5,6)7)10-13(2,3)4/h10H,1-9H3/b11-10-. The topological polar surface area (TPSA) is 9.23 Å². The Morgan fingerprint density at radius 2 is 1.27 bits per heavy atom. The molecule has 0 unspecified atom stereocenters. The summed E-state index contributed by atoms with van der Waals surface area (Å²) in [6.07, 6.45) is 0. The molecule has 0 aliphatic rings. The van der Waals surface area contributed by atoms with Gasteiger partial charge in [0, 0.05) is 7.11 Å². The lowest BCUT2D eigenvalue weighted by Crippen LogP contribution is -2.45. The summed E-state index contributed by atoms with van der Waals surface area (Å²) >= 11 is 0. The largest absolute Gasteiger partial charge is 0.417 e.